The molecule has 1 fully saturated rings. The molecule has 5 heteroatoms. The summed E-state index contributed by atoms with van der Waals surface area (Å²) in [7, 11) is 0. The predicted octanol–water partition coefficient (Wildman–Crippen LogP) is 3.62. The van der Waals surface area contributed by atoms with Gasteiger partial charge in [0.15, 0.2) is 0 Å². The number of anilines is 1. The van der Waals surface area contributed by atoms with Gasteiger partial charge in [0, 0.05) is 49.0 Å². The molecule has 1 aliphatic heterocycles. The lowest BCUT2D eigenvalue weighted by Gasteiger charge is -2.27. The molecular formula is C18H25N3O2. The van der Waals surface area contributed by atoms with Crippen molar-refractivity contribution in [2.45, 2.75) is 32.8 Å². The van der Waals surface area contributed by atoms with Gasteiger partial charge in [-0.3, -0.25) is 0 Å². The maximum atomic E-state index is 12.2. The van der Waals surface area contributed by atoms with E-state index in [1.54, 1.807) is 0 Å². The predicted molar refractivity (Wildman–Crippen MR) is 92.9 cm³/mol. The zero-order valence-corrected chi connectivity index (χ0v) is 14.1. The van der Waals surface area contributed by atoms with Crippen LogP contribution in [-0.2, 0) is 4.74 Å². The second kappa shape index (κ2) is 6.14. The highest BCUT2D eigenvalue weighted by molar-refractivity contribution is 5.83. The number of nitrogens with zero attached hydrogens (tertiary/aromatic N) is 2. The van der Waals surface area contributed by atoms with Gasteiger partial charge in [-0.2, -0.15) is 0 Å². The van der Waals surface area contributed by atoms with Crippen molar-refractivity contribution in [2.75, 3.05) is 31.1 Å². The van der Waals surface area contributed by atoms with Crippen LogP contribution in [0, 0.1) is 0 Å². The fourth-order valence-corrected chi connectivity index (χ4v) is 2.92. The van der Waals surface area contributed by atoms with E-state index in [4.69, 9.17) is 4.74 Å². The van der Waals surface area contributed by atoms with Crippen LogP contribution in [0.2, 0.25) is 0 Å². The summed E-state index contributed by atoms with van der Waals surface area (Å²) in [5, 5.41) is 1.22. The van der Waals surface area contributed by atoms with Gasteiger partial charge in [-0.1, -0.05) is 0 Å². The third-order valence-electron chi connectivity index (χ3n) is 4.05. The van der Waals surface area contributed by atoms with Crippen LogP contribution in [0.4, 0.5) is 10.5 Å². The van der Waals surface area contributed by atoms with Crippen molar-refractivity contribution in [2.24, 2.45) is 0 Å². The maximum Gasteiger partial charge on any atom is 0.410 e. The molecule has 5 nitrogen and oxygen atoms in total. The SMILES string of the molecule is CC(C)(C)OC(=O)N1CCCN(c2ccc3[nH]ccc3c2)CC1. The van der Waals surface area contributed by atoms with Crippen molar-refractivity contribution < 1.29 is 9.53 Å². The molecular weight excluding hydrogens is 290 g/mol. The Labute approximate surface area is 137 Å². The summed E-state index contributed by atoms with van der Waals surface area (Å²) >= 11 is 0. The van der Waals surface area contributed by atoms with E-state index in [0.717, 1.165) is 31.6 Å². The Hall–Kier alpha value is -2.17. The number of hydrogen-bond acceptors (Lipinski definition) is 3. The Morgan fingerprint density at radius 2 is 1.96 bits per heavy atom. The smallest absolute Gasteiger partial charge is 0.410 e. The fraction of sp³-hybridized carbons (Fsp3) is 0.500. The van der Waals surface area contributed by atoms with Crippen molar-refractivity contribution in [1.82, 2.24) is 9.88 Å². The molecule has 2 aromatic rings. The monoisotopic (exact) mass is 315 g/mol. The molecule has 0 bridgehead atoms. The first-order chi connectivity index (χ1) is 10.9. The normalized spacial score (nSPS) is 16.5. The second-order valence-electron chi connectivity index (χ2n) is 7.06. The number of hydrogen-bond donors (Lipinski definition) is 1. The molecule has 0 atom stereocenters. The average molecular weight is 315 g/mol. The lowest BCUT2D eigenvalue weighted by Crippen LogP contribution is -2.39. The van der Waals surface area contributed by atoms with Crippen molar-refractivity contribution in [1.29, 1.82) is 0 Å². The van der Waals surface area contributed by atoms with Crippen LogP contribution in [0.25, 0.3) is 10.9 Å². The standard InChI is InChI=1S/C18H25N3O2/c1-18(2,3)23-17(22)21-10-4-9-20(11-12-21)15-5-6-16-14(13-15)7-8-19-16/h5-8,13,19H,4,9-12H2,1-3H3. The number of fused-ring (bicyclic) bond motifs is 1. The van der Waals surface area contributed by atoms with Crippen LogP contribution in [0.1, 0.15) is 27.2 Å². The lowest BCUT2D eigenvalue weighted by atomic mass is 10.2. The van der Waals surface area contributed by atoms with Crippen molar-refractivity contribution in [3.05, 3.63) is 30.5 Å². The molecule has 1 aromatic carbocycles. The van der Waals surface area contributed by atoms with Crippen molar-refractivity contribution >= 4 is 22.7 Å². The highest BCUT2D eigenvalue weighted by atomic mass is 16.6. The molecule has 1 aromatic heterocycles. The molecule has 0 spiro atoms. The van der Waals surface area contributed by atoms with Gasteiger partial charge in [0.05, 0.1) is 0 Å². The number of aromatic nitrogens is 1. The fourth-order valence-electron chi connectivity index (χ4n) is 2.92. The summed E-state index contributed by atoms with van der Waals surface area (Å²) in [5.41, 5.74) is 1.92. The van der Waals surface area contributed by atoms with Crippen LogP contribution in [0.15, 0.2) is 30.5 Å². The van der Waals surface area contributed by atoms with E-state index >= 15 is 0 Å². The summed E-state index contributed by atoms with van der Waals surface area (Å²) in [4.78, 5) is 19.6. The number of benzene rings is 1. The van der Waals surface area contributed by atoms with Crippen LogP contribution >= 0.6 is 0 Å². The van der Waals surface area contributed by atoms with E-state index in [1.807, 2.05) is 31.9 Å². The molecule has 1 saturated heterocycles. The van der Waals surface area contributed by atoms with Crippen molar-refractivity contribution in [3.63, 3.8) is 0 Å². The average Bonchev–Trinajstić information content (AvgIpc) is 2.79. The molecule has 0 aliphatic carbocycles. The van der Waals surface area contributed by atoms with Crippen LogP contribution < -0.4 is 4.90 Å². The molecule has 1 amide bonds. The van der Waals surface area contributed by atoms with Gasteiger partial charge in [0.2, 0.25) is 0 Å². The van der Waals surface area contributed by atoms with E-state index < -0.39 is 5.60 Å². The minimum absolute atomic E-state index is 0.208. The topological polar surface area (TPSA) is 48.6 Å². The van der Waals surface area contributed by atoms with E-state index in [1.165, 1.54) is 11.1 Å². The first-order valence-corrected chi connectivity index (χ1v) is 8.22. The third-order valence-corrected chi connectivity index (χ3v) is 4.05. The summed E-state index contributed by atoms with van der Waals surface area (Å²) in [6, 6.07) is 8.54. The summed E-state index contributed by atoms with van der Waals surface area (Å²) in [6.45, 7) is 8.94. The van der Waals surface area contributed by atoms with Gasteiger partial charge in [0.1, 0.15) is 5.60 Å². The van der Waals surface area contributed by atoms with Crippen LogP contribution in [0.5, 0.6) is 0 Å². The molecule has 2 heterocycles. The Balaban J connectivity index is 1.67. The number of carbonyl (C=O) groups excluding carboxylic acids is 1. The molecule has 0 unspecified atom stereocenters. The molecule has 1 aliphatic rings. The molecule has 3 rings (SSSR count). The number of carbonyl (C=O) groups is 1. The van der Waals surface area contributed by atoms with Gasteiger partial charge in [-0.05, 0) is 51.5 Å². The minimum Gasteiger partial charge on any atom is -0.444 e. The van der Waals surface area contributed by atoms with Gasteiger partial charge in [-0.25, -0.2) is 4.79 Å². The zero-order valence-electron chi connectivity index (χ0n) is 14.1. The van der Waals surface area contributed by atoms with Gasteiger partial charge >= 0.3 is 6.09 Å². The Kier molecular flexibility index (Phi) is 4.20. The van der Waals surface area contributed by atoms with E-state index in [-0.39, 0.29) is 6.09 Å². The first kappa shape index (κ1) is 15.7. The number of amides is 1. The minimum atomic E-state index is -0.442. The van der Waals surface area contributed by atoms with Crippen LogP contribution in [-0.4, -0.2) is 47.8 Å². The highest BCUT2D eigenvalue weighted by Gasteiger charge is 2.24. The first-order valence-electron chi connectivity index (χ1n) is 8.22. The van der Waals surface area contributed by atoms with Gasteiger partial charge in [0.25, 0.3) is 0 Å². The summed E-state index contributed by atoms with van der Waals surface area (Å²) < 4.78 is 5.49. The second-order valence-corrected chi connectivity index (χ2v) is 7.06. The zero-order chi connectivity index (χ0) is 16.4. The van der Waals surface area contributed by atoms with E-state index in [0.29, 0.717) is 6.54 Å². The molecule has 0 radical (unpaired) electrons. The Morgan fingerprint density at radius 3 is 2.74 bits per heavy atom. The Bertz CT molecular complexity index is 687. The lowest BCUT2D eigenvalue weighted by molar-refractivity contribution is 0.0263. The molecule has 124 valence electrons. The van der Waals surface area contributed by atoms with Crippen molar-refractivity contribution in [3.8, 4) is 0 Å². The largest absolute Gasteiger partial charge is 0.444 e. The van der Waals surface area contributed by atoms with Gasteiger partial charge in [-0.15, -0.1) is 0 Å². The molecule has 23 heavy (non-hydrogen) atoms. The maximum absolute atomic E-state index is 12.2. The third kappa shape index (κ3) is 3.78. The van der Waals surface area contributed by atoms with Gasteiger partial charge < -0.3 is 19.5 Å². The van der Waals surface area contributed by atoms with E-state index in [2.05, 4.69) is 34.1 Å². The number of ether oxygens (including phenoxy) is 1. The Morgan fingerprint density at radius 1 is 1.13 bits per heavy atom. The summed E-state index contributed by atoms with van der Waals surface area (Å²) in [5.74, 6) is 0. The van der Waals surface area contributed by atoms with Crippen LogP contribution in [0.3, 0.4) is 0 Å². The number of aromatic amines is 1. The molecule has 0 saturated carbocycles. The number of nitrogens with one attached hydrogen (secondary N) is 1. The number of H-pyrrole nitrogens is 1. The molecule has 1 N–H and O–H groups in total. The number of rotatable bonds is 1. The summed E-state index contributed by atoms with van der Waals surface area (Å²) in [6.07, 6.45) is 2.70. The quantitative estimate of drug-likeness (QED) is 0.874. The van der Waals surface area contributed by atoms with E-state index in [9.17, 15) is 4.79 Å². The highest BCUT2D eigenvalue weighted by Crippen LogP contribution is 2.23.